The molecule has 0 N–H and O–H groups in total. The summed E-state index contributed by atoms with van der Waals surface area (Å²) in [5.41, 5.74) is 0. The predicted molar refractivity (Wildman–Crippen MR) is 41.1 cm³/mol. The van der Waals surface area contributed by atoms with E-state index < -0.39 is 0 Å². The second kappa shape index (κ2) is 2.58. The smallest absolute Gasteiger partial charge is 0.194 e. The number of carbonyl (C=O) groups excluding carboxylic acids is 1. The first-order chi connectivity index (χ1) is 4.61. The Morgan fingerprint density at radius 3 is 2.50 bits per heavy atom. The Hall–Kier alpha value is -0.570. The van der Waals surface area contributed by atoms with E-state index in [1.54, 1.807) is 13.0 Å². The molecule has 0 radical (unpaired) electrons. The van der Waals surface area contributed by atoms with Crippen molar-refractivity contribution in [3.63, 3.8) is 0 Å². The molecule has 10 heavy (non-hydrogen) atoms. The fourth-order valence-electron chi connectivity index (χ4n) is 0.633. The van der Waals surface area contributed by atoms with E-state index in [1.807, 2.05) is 0 Å². The highest BCUT2D eigenvalue weighted by atomic mass is 79.9. The monoisotopic (exact) mass is 202 g/mol. The fraction of sp³-hybridized carbons (Fsp3) is 0.286. The van der Waals surface area contributed by atoms with Crippen LogP contribution in [0.3, 0.4) is 0 Å². The molecule has 0 aliphatic heterocycles. The van der Waals surface area contributed by atoms with E-state index in [0.717, 1.165) is 10.2 Å². The number of hydrogen-bond donors (Lipinski definition) is 0. The van der Waals surface area contributed by atoms with Crippen molar-refractivity contribution in [3.8, 4) is 0 Å². The first-order valence-electron chi connectivity index (χ1n) is 2.88. The van der Waals surface area contributed by atoms with E-state index >= 15 is 0 Å². The summed E-state index contributed by atoms with van der Waals surface area (Å²) in [7, 11) is 0. The minimum absolute atomic E-state index is 0.0474. The van der Waals surface area contributed by atoms with Crippen molar-refractivity contribution in [3.05, 3.63) is 22.1 Å². The maximum atomic E-state index is 10.7. The Labute approximate surface area is 67.3 Å². The topological polar surface area (TPSA) is 30.2 Å². The molecule has 2 nitrogen and oxygen atoms in total. The minimum Gasteiger partial charge on any atom is -0.457 e. The van der Waals surface area contributed by atoms with Crippen molar-refractivity contribution in [2.24, 2.45) is 0 Å². The molecule has 0 aliphatic rings. The van der Waals surface area contributed by atoms with Gasteiger partial charge in [0.15, 0.2) is 11.5 Å². The zero-order valence-corrected chi connectivity index (χ0v) is 7.36. The lowest BCUT2D eigenvalue weighted by Gasteiger charge is -1.83. The van der Waals surface area contributed by atoms with E-state index in [-0.39, 0.29) is 5.78 Å². The molecular formula is C7H7BrO2. The molecule has 0 bridgehead atoms. The van der Waals surface area contributed by atoms with Crippen LogP contribution < -0.4 is 0 Å². The van der Waals surface area contributed by atoms with E-state index in [4.69, 9.17) is 4.42 Å². The maximum absolute atomic E-state index is 10.7. The van der Waals surface area contributed by atoms with Gasteiger partial charge in [-0.3, -0.25) is 4.79 Å². The van der Waals surface area contributed by atoms with Crippen LogP contribution >= 0.6 is 15.9 Å². The summed E-state index contributed by atoms with van der Waals surface area (Å²) in [6.45, 7) is 3.28. The fourth-order valence-corrected chi connectivity index (χ4v) is 0.922. The van der Waals surface area contributed by atoms with Gasteiger partial charge in [0.2, 0.25) is 0 Å². The van der Waals surface area contributed by atoms with Crippen molar-refractivity contribution in [1.29, 1.82) is 0 Å². The van der Waals surface area contributed by atoms with E-state index in [2.05, 4.69) is 15.9 Å². The molecule has 1 aromatic heterocycles. The second-order valence-corrected chi connectivity index (χ2v) is 2.93. The molecule has 54 valence electrons. The first kappa shape index (κ1) is 7.54. The normalized spacial score (nSPS) is 9.90. The van der Waals surface area contributed by atoms with Crippen LogP contribution in [0.4, 0.5) is 0 Å². The number of furan rings is 1. The molecule has 0 saturated carbocycles. The van der Waals surface area contributed by atoms with Crippen molar-refractivity contribution < 1.29 is 9.21 Å². The Morgan fingerprint density at radius 2 is 2.30 bits per heavy atom. The van der Waals surface area contributed by atoms with E-state index in [0.29, 0.717) is 5.76 Å². The van der Waals surface area contributed by atoms with Crippen molar-refractivity contribution >= 4 is 21.7 Å². The molecule has 0 amide bonds. The summed E-state index contributed by atoms with van der Waals surface area (Å²) in [5.74, 6) is 1.10. The highest BCUT2D eigenvalue weighted by molar-refractivity contribution is 9.10. The van der Waals surface area contributed by atoms with Crippen LogP contribution in [0.5, 0.6) is 0 Å². The maximum Gasteiger partial charge on any atom is 0.194 e. The lowest BCUT2D eigenvalue weighted by molar-refractivity contribution is 0.0986. The van der Waals surface area contributed by atoms with Gasteiger partial charge in [-0.2, -0.15) is 0 Å². The van der Waals surface area contributed by atoms with Crippen LogP contribution in [0.2, 0.25) is 0 Å². The van der Waals surface area contributed by atoms with Crippen molar-refractivity contribution in [2.75, 3.05) is 0 Å². The van der Waals surface area contributed by atoms with Gasteiger partial charge in [0, 0.05) is 13.0 Å². The van der Waals surface area contributed by atoms with Gasteiger partial charge in [-0.1, -0.05) is 0 Å². The predicted octanol–water partition coefficient (Wildman–Crippen LogP) is 2.55. The molecular weight excluding hydrogens is 196 g/mol. The van der Waals surface area contributed by atoms with Gasteiger partial charge in [-0.05, 0) is 22.9 Å². The van der Waals surface area contributed by atoms with Crippen LogP contribution in [0.1, 0.15) is 23.2 Å². The second-order valence-electron chi connectivity index (χ2n) is 2.07. The number of rotatable bonds is 1. The molecule has 0 fully saturated rings. The molecule has 1 rings (SSSR count). The summed E-state index contributed by atoms with van der Waals surface area (Å²) in [6, 6.07) is 1.68. The summed E-state index contributed by atoms with van der Waals surface area (Å²) in [4.78, 5) is 10.7. The molecule has 3 heteroatoms. The van der Waals surface area contributed by atoms with E-state index in [9.17, 15) is 4.79 Å². The van der Waals surface area contributed by atoms with Crippen LogP contribution in [0.15, 0.2) is 15.0 Å². The highest BCUT2D eigenvalue weighted by Gasteiger charge is 2.07. The SMILES string of the molecule is CC(=O)c1cc(Br)c(C)o1. The Kier molecular flexibility index (Phi) is 1.94. The Bertz CT molecular complexity index is 243. The Morgan fingerprint density at radius 1 is 1.70 bits per heavy atom. The third kappa shape index (κ3) is 1.29. The summed E-state index contributed by atoms with van der Waals surface area (Å²) in [5, 5.41) is 0. The first-order valence-corrected chi connectivity index (χ1v) is 3.67. The number of aryl methyl sites for hydroxylation is 1. The molecule has 0 spiro atoms. The molecule has 0 aromatic carbocycles. The average molecular weight is 203 g/mol. The zero-order valence-electron chi connectivity index (χ0n) is 5.77. The molecule has 0 atom stereocenters. The number of carbonyl (C=O) groups is 1. The van der Waals surface area contributed by atoms with Gasteiger partial charge in [0.25, 0.3) is 0 Å². The molecule has 0 aliphatic carbocycles. The van der Waals surface area contributed by atoms with E-state index in [1.165, 1.54) is 6.92 Å². The van der Waals surface area contributed by atoms with Gasteiger partial charge in [0.05, 0.1) is 4.47 Å². The number of ketones is 1. The lowest BCUT2D eigenvalue weighted by atomic mass is 10.3. The van der Waals surface area contributed by atoms with Gasteiger partial charge in [-0.25, -0.2) is 0 Å². The quantitative estimate of drug-likeness (QED) is 0.656. The minimum atomic E-state index is -0.0474. The summed E-state index contributed by atoms with van der Waals surface area (Å²) >= 11 is 3.24. The third-order valence-electron chi connectivity index (χ3n) is 1.20. The van der Waals surface area contributed by atoms with Crippen LogP contribution in [-0.4, -0.2) is 5.78 Å². The van der Waals surface area contributed by atoms with Crippen molar-refractivity contribution in [1.82, 2.24) is 0 Å². The molecule has 0 saturated heterocycles. The van der Waals surface area contributed by atoms with Crippen LogP contribution in [0.25, 0.3) is 0 Å². The third-order valence-corrected chi connectivity index (χ3v) is 1.99. The van der Waals surface area contributed by atoms with Gasteiger partial charge < -0.3 is 4.42 Å². The average Bonchev–Trinajstić information content (AvgIpc) is 2.13. The highest BCUT2D eigenvalue weighted by Crippen LogP contribution is 2.20. The van der Waals surface area contributed by atoms with Crippen LogP contribution in [-0.2, 0) is 0 Å². The number of Topliss-reactive ketones (excluding diaryl/α,β-unsaturated/α-hetero) is 1. The number of halogens is 1. The summed E-state index contributed by atoms with van der Waals surface area (Å²) < 4.78 is 5.92. The lowest BCUT2D eigenvalue weighted by Crippen LogP contribution is -1.85. The Balaban J connectivity index is 3.10. The van der Waals surface area contributed by atoms with Gasteiger partial charge in [-0.15, -0.1) is 0 Å². The molecule has 1 heterocycles. The van der Waals surface area contributed by atoms with Crippen molar-refractivity contribution in [2.45, 2.75) is 13.8 Å². The molecule has 0 unspecified atom stereocenters. The van der Waals surface area contributed by atoms with Gasteiger partial charge in [0.1, 0.15) is 5.76 Å². The number of hydrogen-bond acceptors (Lipinski definition) is 2. The molecule has 1 aromatic rings. The van der Waals surface area contributed by atoms with Crippen LogP contribution in [0, 0.1) is 6.92 Å². The summed E-state index contributed by atoms with van der Waals surface area (Å²) in [6.07, 6.45) is 0. The zero-order chi connectivity index (χ0) is 7.72. The van der Waals surface area contributed by atoms with Gasteiger partial charge >= 0.3 is 0 Å². The largest absolute Gasteiger partial charge is 0.457 e. The standard InChI is InChI=1S/C7H7BrO2/c1-4(9)7-3-6(8)5(2)10-7/h3H,1-2H3.